The summed E-state index contributed by atoms with van der Waals surface area (Å²) in [4.78, 5) is 0. The number of fused-ring (bicyclic) bond motifs is 2. The standard InChI is InChI=1S/C13H18N2/c1-12(2)7-13(3-4-13)9-6-11(15)10(14)5-8(9)12/h5-6H,3-4,7,14-15H2,1-2H3. The second kappa shape index (κ2) is 2.31. The number of nitrogen functional groups attached to an aromatic ring is 2. The fraction of sp³-hybridized carbons (Fsp3) is 0.538. The van der Waals surface area contributed by atoms with Crippen molar-refractivity contribution < 1.29 is 0 Å². The van der Waals surface area contributed by atoms with E-state index in [0.29, 0.717) is 5.41 Å². The molecule has 0 amide bonds. The summed E-state index contributed by atoms with van der Waals surface area (Å²) in [7, 11) is 0. The molecule has 2 nitrogen and oxygen atoms in total. The number of rotatable bonds is 0. The Morgan fingerprint density at radius 3 is 2.07 bits per heavy atom. The second-order valence-electron chi connectivity index (χ2n) is 5.87. The van der Waals surface area contributed by atoms with Crippen LogP contribution in [0.5, 0.6) is 0 Å². The van der Waals surface area contributed by atoms with Crippen molar-refractivity contribution in [1.29, 1.82) is 0 Å². The van der Waals surface area contributed by atoms with E-state index in [1.807, 2.05) is 0 Å². The van der Waals surface area contributed by atoms with Crippen LogP contribution in [0.1, 0.15) is 44.2 Å². The van der Waals surface area contributed by atoms with Crippen LogP contribution in [0.15, 0.2) is 12.1 Å². The van der Waals surface area contributed by atoms with Crippen molar-refractivity contribution in [3.63, 3.8) is 0 Å². The molecule has 1 saturated carbocycles. The van der Waals surface area contributed by atoms with Gasteiger partial charge in [-0.15, -0.1) is 0 Å². The zero-order valence-electron chi connectivity index (χ0n) is 9.43. The van der Waals surface area contributed by atoms with Gasteiger partial charge in [0, 0.05) is 0 Å². The van der Waals surface area contributed by atoms with Crippen LogP contribution in [0, 0.1) is 0 Å². The smallest absolute Gasteiger partial charge is 0.0550 e. The first-order valence-corrected chi connectivity index (χ1v) is 5.65. The molecule has 0 bridgehead atoms. The zero-order valence-corrected chi connectivity index (χ0v) is 9.43. The van der Waals surface area contributed by atoms with Crippen LogP contribution in [0.3, 0.4) is 0 Å². The number of nitrogens with two attached hydrogens (primary N) is 2. The van der Waals surface area contributed by atoms with Crippen molar-refractivity contribution in [3.05, 3.63) is 23.3 Å². The molecule has 1 spiro atoms. The summed E-state index contributed by atoms with van der Waals surface area (Å²) in [6.07, 6.45) is 3.91. The molecule has 4 N–H and O–H groups in total. The summed E-state index contributed by atoms with van der Waals surface area (Å²) < 4.78 is 0. The summed E-state index contributed by atoms with van der Waals surface area (Å²) in [5.74, 6) is 0. The predicted molar refractivity (Wildman–Crippen MR) is 63.8 cm³/mol. The van der Waals surface area contributed by atoms with Gasteiger partial charge in [-0.05, 0) is 53.4 Å². The van der Waals surface area contributed by atoms with Crippen LogP contribution >= 0.6 is 0 Å². The molecule has 0 atom stereocenters. The molecule has 0 unspecified atom stereocenters. The molecule has 0 heterocycles. The minimum absolute atomic E-state index is 0.271. The molecule has 2 aliphatic rings. The summed E-state index contributed by atoms with van der Waals surface area (Å²) >= 11 is 0. The Balaban J connectivity index is 2.26. The van der Waals surface area contributed by atoms with Crippen molar-refractivity contribution in [2.45, 2.75) is 43.9 Å². The van der Waals surface area contributed by atoms with Gasteiger partial charge < -0.3 is 11.5 Å². The zero-order chi connectivity index (χ0) is 10.8. The molecule has 80 valence electrons. The molecule has 2 heteroatoms. The van der Waals surface area contributed by atoms with Crippen LogP contribution in [0.25, 0.3) is 0 Å². The third kappa shape index (κ3) is 1.05. The van der Waals surface area contributed by atoms with Crippen LogP contribution in [-0.2, 0) is 10.8 Å². The van der Waals surface area contributed by atoms with Crippen LogP contribution < -0.4 is 11.5 Å². The first-order valence-electron chi connectivity index (χ1n) is 5.65. The molecule has 1 fully saturated rings. The van der Waals surface area contributed by atoms with E-state index in [-0.39, 0.29) is 5.41 Å². The molecule has 15 heavy (non-hydrogen) atoms. The first-order chi connectivity index (χ1) is 6.95. The van der Waals surface area contributed by atoms with E-state index < -0.39 is 0 Å². The summed E-state index contributed by atoms with van der Waals surface area (Å²) in [6, 6.07) is 4.21. The van der Waals surface area contributed by atoms with Gasteiger partial charge in [0.05, 0.1) is 11.4 Å². The number of benzene rings is 1. The summed E-state index contributed by atoms with van der Waals surface area (Å²) in [5.41, 5.74) is 16.9. The molecule has 0 aromatic heterocycles. The fourth-order valence-corrected chi connectivity index (χ4v) is 3.27. The lowest BCUT2D eigenvalue weighted by Gasteiger charge is -2.19. The van der Waals surface area contributed by atoms with Crippen molar-refractivity contribution in [2.75, 3.05) is 11.5 Å². The first kappa shape index (κ1) is 9.08. The van der Waals surface area contributed by atoms with Crippen molar-refractivity contribution in [1.82, 2.24) is 0 Å². The van der Waals surface area contributed by atoms with Gasteiger partial charge in [-0.2, -0.15) is 0 Å². The Morgan fingerprint density at radius 1 is 1.00 bits per heavy atom. The number of hydrogen-bond donors (Lipinski definition) is 2. The Bertz CT molecular complexity index is 413. The fourth-order valence-electron chi connectivity index (χ4n) is 3.27. The van der Waals surface area contributed by atoms with Gasteiger partial charge in [-0.25, -0.2) is 0 Å². The Labute approximate surface area is 90.7 Å². The Morgan fingerprint density at radius 2 is 1.53 bits per heavy atom. The average molecular weight is 202 g/mol. The molecule has 1 aromatic rings. The van der Waals surface area contributed by atoms with Crippen LogP contribution in [-0.4, -0.2) is 0 Å². The summed E-state index contributed by atoms with van der Waals surface area (Å²) in [5, 5.41) is 0. The van der Waals surface area contributed by atoms with E-state index in [0.717, 1.165) is 11.4 Å². The molecule has 2 aliphatic carbocycles. The molecular formula is C13H18N2. The third-order valence-electron chi connectivity index (χ3n) is 4.16. The SMILES string of the molecule is CC1(C)CC2(CC2)c2cc(N)c(N)cc21. The van der Waals surface area contributed by atoms with Gasteiger partial charge in [0.2, 0.25) is 0 Å². The maximum Gasteiger partial charge on any atom is 0.0550 e. The summed E-state index contributed by atoms with van der Waals surface area (Å²) in [6.45, 7) is 4.63. The average Bonchev–Trinajstić information content (AvgIpc) is 2.84. The topological polar surface area (TPSA) is 52.0 Å². The van der Waals surface area contributed by atoms with Crippen LogP contribution in [0.4, 0.5) is 11.4 Å². The Hall–Kier alpha value is -1.18. The van der Waals surface area contributed by atoms with Gasteiger partial charge in [0.15, 0.2) is 0 Å². The minimum atomic E-state index is 0.271. The number of anilines is 2. The van der Waals surface area contributed by atoms with E-state index in [4.69, 9.17) is 11.5 Å². The maximum atomic E-state index is 5.91. The lowest BCUT2D eigenvalue weighted by molar-refractivity contribution is 0.466. The van der Waals surface area contributed by atoms with Crippen molar-refractivity contribution >= 4 is 11.4 Å². The highest BCUT2D eigenvalue weighted by Crippen LogP contribution is 2.63. The lowest BCUT2D eigenvalue weighted by atomic mass is 9.85. The third-order valence-corrected chi connectivity index (χ3v) is 4.16. The van der Waals surface area contributed by atoms with E-state index in [1.54, 1.807) is 0 Å². The monoisotopic (exact) mass is 202 g/mol. The van der Waals surface area contributed by atoms with E-state index in [2.05, 4.69) is 26.0 Å². The molecule has 1 aromatic carbocycles. The normalized spacial score (nSPS) is 24.1. The van der Waals surface area contributed by atoms with Gasteiger partial charge in [0.1, 0.15) is 0 Å². The van der Waals surface area contributed by atoms with Crippen LogP contribution in [0.2, 0.25) is 0 Å². The second-order valence-corrected chi connectivity index (χ2v) is 5.87. The van der Waals surface area contributed by atoms with E-state index >= 15 is 0 Å². The van der Waals surface area contributed by atoms with Crippen molar-refractivity contribution in [2.24, 2.45) is 0 Å². The predicted octanol–water partition coefficient (Wildman–Crippen LogP) is 2.56. The van der Waals surface area contributed by atoms with E-state index in [1.165, 1.54) is 30.4 Å². The van der Waals surface area contributed by atoms with Gasteiger partial charge in [-0.3, -0.25) is 0 Å². The largest absolute Gasteiger partial charge is 0.397 e. The quantitative estimate of drug-likeness (QED) is 0.635. The highest BCUT2D eigenvalue weighted by molar-refractivity contribution is 5.69. The van der Waals surface area contributed by atoms with Gasteiger partial charge >= 0.3 is 0 Å². The molecular weight excluding hydrogens is 184 g/mol. The minimum Gasteiger partial charge on any atom is -0.397 e. The van der Waals surface area contributed by atoms with Crippen molar-refractivity contribution in [3.8, 4) is 0 Å². The Kier molecular flexibility index (Phi) is 1.40. The molecule has 0 saturated heterocycles. The molecule has 3 rings (SSSR count). The highest BCUT2D eigenvalue weighted by Gasteiger charge is 2.54. The maximum absolute atomic E-state index is 5.91. The lowest BCUT2D eigenvalue weighted by Crippen LogP contribution is -2.13. The van der Waals surface area contributed by atoms with Gasteiger partial charge in [0.25, 0.3) is 0 Å². The molecule has 0 radical (unpaired) electrons. The van der Waals surface area contributed by atoms with E-state index in [9.17, 15) is 0 Å². The molecule has 0 aliphatic heterocycles. The highest BCUT2D eigenvalue weighted by atomic mass is 14.7. The number of hydrogen-bond acceptors (Lipinski definition) is 2. The van der Waals surface area contributed by atoms with Gasteiger partial charge in [-0.1, -0.05) is 13.8 Å².